The average Bonchev–Trinajstić information content (AvgIpc) is 2.81. The minimum atomic E-state index is -1.09. The summed E-state index contributed by atoms with van der Waals surface area (Å²) in [5.74, 6) is -3.52. The zero-order chi connectivity index (χ0) is 26.0. The highest BCUT2D eigenvalue weighted by atomic mass is 35.5. The summed E-state index contributed by atoms with van der Waals surface area (Å²) in [5.41, 5.74) is 0.111. The predicted molar refractivity (Wildman–Crippen MR) is 131 cm³/mol. The summed E-state index contributed by atoms with van der Waals surface area (Å²) in [5, 5.41) is -0.259. The number of amides is 1. The van der Waals surface area contributed by atoms with Crippen molar-refractivity contribution in [1.82, 2.24) is 4.98 Å². The Balaban J connectivity index is 2.52. The number of anilines is 2. The van der Waals surface area contributed by atoms with Crippen molar-refractivity contribution in [2.24, 2.45) is 0 Å². The number of carbonyl (C=O) groups is 2. The van der Waals surface area contributed by atoms with Crippen molar-refractivity contribution >= 4 is 34.9 Å². The van der Waals surface area contributed by atoms with Gasteiger partial charge in [-0.3, -0.25) is 14.7 Å². The first-order valence-electron chi connectivity index (χ1n) is 10.7. The molecule has 0 fully saturated rings. The summed E-state index contributed by atoms with van der Waals surface area (Å²) in [6.45, 7) is 6.72. The molecule has 0 aliphatic carbocycles. The van der Waals surface area contributed by atoms with Gasteiger partial charge in [-0.1, -0.05) is 31.5 Å². The first-order valence-corrected chi connectivity index (χ1v) is 11.1. The van der Waals surface area contributed by atoms with Gasteiger partial charge in [0.15, 0.2) is 5.82 Å². The van der Waals surface area contributed by atoms with E-state index in [1.54, 1.807) is 19.2 Å². The molecular formula is C26H25ClF2N2O4. The third kappa shape index (κ3) is 4.71. The van der Waals surface area contributed by atoms with Gasteiger partial charge in [0.1, 0.15) is 11.6 Å². The van der Waals surface area contributed by atoms with Gasteiger partial charge in [-0.25, -0.2) is 13.6 Å². The van der Waals surface area contributed by atoms with E-state index in [2.05, 4.69) is 4.98 Å². The van der Waals surface area contributed by atoms with Gasteiger partial charge in [-0.2, -0.15) is 0 Å². The molecule has 0 bridgehead atoms. The van der Waals surface area contributed by atoms with Gasteiger partial charge in [-0.15, -0.1) is 0 Å². The van der Waals surface area contributed by atoms with Crippen LogP contribution < -0.4 is 9.64 Å². The van der Waals surface area contributed by atoms with Crippen LogP contribution in [-0.4, -0.2) is 31.1 Å². The lowest BCUT2D eigenvalue weighted by atomic mass is 9.97. The van der Waals surface area contributed by atoms with E-state index >= 15 is 4.39 Å². The SMILES string of the molecule is COC(=O)c1cc(Cl)c(-c2c(F)cccc2OC)c(F)c1N(C(C)=O)c1c(C)ccnc1C(C)C. The molecule has 0 spiro atoms. The molecule has 0 N–H and O–H groups in total. The van der Waals surface area contributed by atoms with Gasteiger partial charge in [0.25, 0.3) is 0 Å². The normalized spacial score (nSPS) is 10.9. The molecule has 3 aromatic rings. The van der Waals surface area contributed by atoms with Crippen molar-refractivity contribution in [1.29, 1.82) is 0 Å². The fraction of sp³-hybridized carbons (Fsp3) is 0.269. The number of nitrogens with zero attached hydrogens (tertiary/aromatic N) is 2. The molecule has 1 aromatic heterocycles. The highest BCUT2D eigenvalue weighted by Gasteiger charge is 2.33. The largest absolute Gasteiger partial charge is 0.496 e. The smallest absolute Gasteiger partial charge is 0.340 e. The van der Waals surface area contributed by atoms with Crippen LogP contribution in [-0.2, 0) is 9.53 Å². The number of aryl methyl sites for hydroxylation is 1. The molecule has 0 atom stereocenters. The Bertz CT molecular complexity index is 1310. The molecule has 184 valence electrons. The van der Waals surface area contributed by atoms with Crippen LogP contribution in [0.2, 0.25) is 5.02 Å². The Morgan fingerprint density at radius 2 is 1.77 bits per heavy atom. The van der Waals surface area contributed by atoms with Gasteiger partial charge in [0.2, 0.25) is 5.91 Å². The molecule has 35 heavy (non-hydrogen) atoms. The molecule has 1 heterocycles. The molecule has 0 aliphatic rings. The number of benzene rings is 2. The molecule has 6 nitrogen and oxygen atoms in total. The van der Waals surface area contributed by atoms with Gasteiger partial charge in [0.05, 0.1) is 47.4 Å². The van der Waals surface area contributed by atoms with Crippen molar-refractivity contribution in [3.8, 4) is 16.9 Å². The van der Waals surface area contributed by atoms with Gasteiger partial charge < -0.3 is 9.47 Å². The number of hydrogen-bond donors (Lipinski definition) is 0. The lowest BCUT2D eigenvalue weighted by molar-refractivity contribution is -0.115. The van der Waals surface area contributed by atoms with E-state index in [1.165, 1.54) is 26.2 Å². The number of pyridine rings is 1. The minimum Gasteiger partial charge on any atom is -0.496 e. The topological polar surface area (TPSA) is 68.7 Å². The van der Waals surface area contributed by atoms with E-state index in [-0.39, 0.29) is 33.4 Å². The van der Waals surface area contributed by atoms with Crippen LogP contribution in [0.5, 0.6) is 5.75 Å². The maximum absolute atomic E-state index is 16.5. The number of esters is 1. The molecule has 3 rings (SSSR count). The van der Waals surface area contributed by atoms with Crippen LogP contribution >= 0.6 is 11.6 Å². The Morgan fingerprint density at radius 3 is 2.34 bits per heavy atom. The van der Waals surface area contributed by atoms with Crippen LogP contribution in [0.25, 0.3) is 11.1 Å². The number of ether oxygens (including phenoxy) is 2. The first kappa shape index (κ1) is 26.1. The number of methoxy groups -OCH3 is 2. The Morgan fingerprint density at radius 1 is 1.09 bits per heavy atom. The number of aromatic nitrogens is 1. The maximum Gasteiger partial charge on any atom is 0.340 e. The minimum absolute atomic E-state index is 0.0253. The van der Waals surface area contributed by atoms with Crippen LogP contribution in [0, 0.1) is 18.6 Å². The molecule has 1 amide bonds. The molecule has 9 heteroatoms. The Kier molecular flexibility index (Phi) is 7.75. The fourth-order valence-corrected chi connectivity index (χ4v) is 4.24. The first-order chi connectivity index (χ1) is 16.5. The number of rotatable bonds is 6. The summed E-state index contributed by atoms with van der Waals surface area (Å²) in [6.07, 6.45) is 1.58. The van der Waals surface area contributed by atoms with Crippen molar-refractivity contribution in [3.63, 3.8) is 0 Å². The van der Waals surface area contributed by atoms with E-state index in [9.17, 15) is 14.0 Å². The summed E-state index contributed by atoms with van der Waals surface area (Å²) < 4.78 is 41.6. The van der Waals surface area contributed by atoms with Crippen LogP contribution in [0.15, 0.2) is 36.5 Å². The highest BCUT2D eigenvalue weighted by Crippen LogP contribution is 2.46. The number of hydrogen-bond acceptors (Lipinski definition) is 5. The quantitative estimate of drug-likeness (QED) is 0.355. The van der Waals surface area contributed by atoms with Crippen molar-refractivity contribution in [3.05, 3.63) is 70.0 Å². The highest BCUT2D eigenvalue weighted by molar-refractivity contribution is 6.34. The predicted octanol–water partition coefficient (Wildman–Crippen LogP) is 6.59. The second-order valence-corrected chi connectivity index (χ2v) is 8.53. The summed E-state index contributed by atoms with van der Waals surface area (Å²) >= 11 is 6.40. The van der Waals surface area contributed by atoms with E-state index in [1.807, 2.05) is 13.8 Å². The van der Waals surface area contributed by atoms with Gasteiger partial charge in [-0.05, 0) is 42.7 Å². The van der Waals surface area contributed by atoms with E-state index in [0.717, 1.165) is 24.1 Å². The van der Waals surface area contributed by atoms with Crippen molar-refractivity contribution in [2.75, 3.05) is 19.1 Å². The molecule has 2 aromatic carbocycles. The van der Waals surface area contributed by atoms with E-state index < -0.39 is 29.2 Å². The van der Waals surface area contributed by atoms with Gasteiger partial charge in [0, 0.05) is 18.7 Å². The number of carbonyl (C=O) groups excluding carboxylic acids is 2. The van der Waals surface area contributed by atoms with Crippen molar-refractivity contribution < 1.29 is 27.8 Å². The second-order valence-electron chi connectivity index (χ2n) is 8.12. The Hall–Kier alpha value is -3.52. The standard InChI is InChI=1S/C26H25ClF2N2O4/c1-13(2)23-24(14(3)10-11-30-23)31(15(4)32)25-16(26(33)35-6)12-17(27)20(22(25)29)21-18(28)8-7-9-19(21)34-5/h7-13H,1-6H3. The zero-order valence-electron chi connectivity index (χ0n) is 20.2. The third-order valence-corrected chi connectivity index (χ3v) is 5.80. The number of halogens is 3. The van der Waals surface area contributed by atoms with Gasteiger partial charge >= 0.3 is 5.97 Å². The molecular weight excluding hydrogens is 478 g/mol. The lowest BCUT2D eigenvalue weighted by Gasteiger charge is -2.29. The maximum atomic E-state index is 16.5. The molecule has 0 saturated carbocycles. The summed E-state index contributed by atoms with van der Waals surface area (Å²) in [6, 6.07) is 6.82. The third-order valence-electron chi connectivity index (χ3n) is 5.51. The van der Waals surface area contributed by atoms with Crippen LogP contribution in [0.1, 0.15) is 48.3 Å². The Labute approximate surface area is 207 Å². The van der Waals surface area contributed by atoms with E-state index in [4.69, 9.17) is 21.1 Å². The van der Waals surface area contributed by atoms with Crippen LogP contribution in [0.4, 0.5) is 20.2 Å². The molecule has 0 aliphatic heterocycles. The second kappa shape index (κ2) is 10.4. The molecule has 0 saturated heterocycles. The molecule has 0 unspecified atom stereocenters. The molecule has 0 radical (unpaired) electrons. The lowest BCUT2D eigenvalue weighted by Crippen LogP contribution is -2.29. The van der Waals surface area contributed by atoms with Crippen molar-refractivity contribution in [2.45, 2.75) is 33.6 Å². The summed E-state index contributed by atoms with van der Waals surface area (Å²) in [4.78, 5) is 31.3. The van der Waals surface area contributed by atoms with E-state index in [0.29, 0.717) is 16.9 Å². The monoisotopic (exact) mass is 502 g/mol. The zero-order valence-corrected chi connectivity index (χ0v) is 21.0. The van der Waals surface area contributed by atoms with Crippen LogP contribution in [0.3, 0.4) is 0 Å². The average molecular weight is 503 g/mol. The summed E-state index contributed by atoms with van der Waals surface area (Å²) in [7, 11) is 2.43. The fourth-order valence-electron chi connectivity index (χ4n) is 3.95.